The van der Waals surface area contributed by atoms with Crippen molar-refractivity contribution < 1.29 is 9.53 Å². The lowest BCUT2D eigenvalue weighted by Gasteiger charge is -2.19. The highest BCUT2D eigenvalue weighted by Crippen LogP contribution is 2.12. The molecule has 0 fully saturated rings. The summed E-state index contributed by atoms with van der Waals surface area (Å²) >= 11 is 0. The third kappa shape index (κ3) is 5.71. The molecule has 3 nitrogen and oxygen atoms in total. The summed E-state index contributed by atoms with van der Waals surface area (Å²) in [4.78, 5) is 11.7. The predicted octanol–water partition coefficient (Wildman–Crippen LogP) is 2.56. The minimum absolute atomic E-state index is 0. The topological polar surface area (TPSA) is 52.3 Å². The summed E-state index contributed by atoms with van der Waals surface area (Å²) in [5.74, 6) is -0.285. The van der Waals surface area contributed by atoms with E-state index in [1.54, 1.807) is 12.1 Å². The summed E-state index contributed by atoms with van der Waals surface area (Å²) in [5.41, 5.74) is 6.71. The van der Waals surface area contributed by atoms with Crippen molar-refractivity contribution in [1.82, 2.24) is 0 Å². The minimum atomic E-state index is -0.451. The number of benzene rings is 1. The molecular weight excluding hydrogens is 238 g/mol. The molecule has 1 rings (SSSR count). The van der Waals surface area contributed by atoms with Crippen molar-refractivity contribution in [2.24, 2.45) is 5.73 Å². The molecule has 1 aromatic rings. The summed E-state index contributed by atoms with van der Waals surface area (Å²) in [6, 6.07) is 7.37. The Bertz CT molecular complexity index is 355. The zero-order valence-corrected chi connectivity index (χ0v) is 11.3. The van der Waals surface area contributed by atoms with Crippen molar-refractivity contribution in [2.75, 3.05) is 6.54 Å². The van der Waals surface area contributed by atoms with Gasteiger partial charge in [-0.3, -0.25) is 0 Å². The largest absolute Gasteiger partial charge is 0.456 e. The van der Waals surface area contributed by atoms with Crippen LogP contribution in [0.1, 0.15) is 36.7 Å². The summed E-state index contributed by atoms with van der Waals surface area (Å²) < 4.78 is 5.26. The van der Waals surface area contributed by atoms with E-state index < -0.39 is 5.60 Å². The molecule has 4 heteroatoms. The van der Waals surface area contributed by atoms with E-state index in [0.717, 1.165) is 12.0 Å². The maximum absolute atomic E-state index is 11.7. The van der Waals surface area contributed by atoms with Crippen LogP contribution < -0.4 is 5.73 Å². The van der Waals surface area contributed by atoms with Crippen LogP contribution in [-0.4, -0.2) is 18.1 Å². The molecule has 0 spiro atoms. The monoisotopic (exact) mass is 257 g/mol. The Balaban J connectivity index is 0.00000256. The SMILES string of the molecule is CC(C)(C)OC(=O)c1ccc(CCN)cc1.Cl. The number of esters is 1. The number of rotatable bonds is 3. The van der Waals surface area contributed by atoms with E-state index >= 15 is 0 Å². The van der Waals surface area contributed by atoms with Crippen molar-refractivity contribution in [3.8, 4) is 0 Å². The van der Waals surface area contributed by atoms with Crippen molar-refractivity contribution >= 4 is 18.4 Å². The predicted molar refractivity (Wildman–Crippen MR) is 71.6 cm³/mol. The van der Waals surface area contributed by atoms with Crippen LogP contribution in [0.3, 0.4) is 0 Å². The average Bonchev–Trinajstić information content (AvgIpc) is 2.16. The molecule has 0 saturated carbocycles. The molecule has 0 amide bonds. The molecule has 0 unspecified atom stereocenters. The molecule has 0 aliphatic rings. The number of nitrogens with two attached hydrogens (primary N) is 1. The highest BCUT2D eigenvalue weighted by atomic mass is 35.5. The average molecular weight is 258 g/mol. The summed E-state index contributed by atoms with van der Waals surface area (Å²) in [6.07, 6.45) is 0.828. The van der Waals surface area contributed by atoms with E-state index in [1.807, 2.05) is 32.9 Å². The van der Waals surface area contributed by atoms with E-state index in [2.05, 4.69) is 0 Å². The summed E-state index contributed by atoms with van der Waals surface area (Å²) in [5, 5.41) is 0. The quantitative estimate of drug-likeness (QED) is 0.847. The third-order valence-electron chi connectivity index (χ3n) is 2.02. The fraction of sp³-hybridized carbons (Fsp3) is 0.462. The van der Waals surface area contributed by atoms with Gasteiger partial charge >= 0.3 is 5.97 Å². The van der Waals surface area contributed by atoms with Gasteiger partial charge < -0.3 is 10.5 Å². The van der Waals surface area contributed by atoms with E-state index in [9.17, 15) is 4.79 Å². The Kier molecular flexibility index (Phi) is 6.21. The first-order chi connectivity index (χ1) is 7.42. The van der Waals surface area contributed by atoms with Gasteiger partial charge in [0.25, 0.3) is 0 Å². The van der Waals surface area contributed by atoms with Gasteiger partial charge in [0.2, 0.25) is 0 Å². The van der Waals surface area contributed by atoms with Gasteiger partial charge in [-0.2, -0.15) is 0 Å². The van der Waals surface area contributed by atoms with Gasteiger partial charge in [0.15, 0.2) is 0 Å². The van der Waals surface area contributed by atoms with Crippen molar-refractivity contribution in [1.29, 1.82) is 0 Å². The Morgan fingerprint density at radius 1 is 1.24 bits per heavy atom. The fourth-order valence-electron chi connectivity index (χ4n) is 1.31. The molecule has 0 aliphatic carbocycles. The lowest BCUT2D eigenvalue weighted by molar-refractivity contribution is 0.00695. The molecule has 96 valence electrons. The zero-order chi connectivity index (χ0) is 12.2. The van der Waals surface area contributed by atoms with E-state index in [-0.39, 0.29) is 18.4 Å². The van der Waals surface area contributed by atoms with Crippen molar-refractivity contribution in [3.05, 3.63) is 35.4 Å². The van der Waals surface area contributed by atoms with Gasteiger partial charge in [0, 0.05) is 0 Å². The second-order valence-corrected chi connectivity index (χ2v) is 4.74. The standard InChI is InChI=1S/C13H19NO2.ClH/c1-13(2,3)16-12(15)11-6-4-10(5-7-11)8-9-14;/h4-7H,8-9,14H2,1-3H3;1H. The first kappa shape index (κ1) is 15.9. The number of hydrogen-bond acceptors (Lipinski definition) is 3. The molecule has 0 heterocycles. The molecule has 0 aliphatic heterocycles. The number of hydrogen-bond donors (Lipinski definition) is 1. The third-order valence-corrected chi connectivity index (χ3v) is 2.02. The zero-order valence-electron chi connectivity index (χ0n) is 10.5. The molecule has 2 N–H and O–H groups in total. The maximum atomic E-state index is 11.7. The fourth-order valence-corrected chi connectivity index (χ4v) is 1.31. The summed E-state index contributed by atoms with van der Waals surface area (Å²) in [6.45, 7) is 6.18. The van der Waals surface area contributed by atoms with Gasteiger partial charge in [0.05, 0.1) is 5.56 Å². The van der Waals surface area contributed by atoms with Gasteiger partial charge in [-0.15, -0.1) is 12.4 Å². The number of carbonyl (C=O) groups is 1. The molecule has 0 radical (unpaired) electrons. The molecule has 0 atom stereocenters. The molecule has 1 aromatic carbocycles. The normalized spacial score (nSPS) is 10.6. The van der Waals surface area contributed by atoms with Crippen LogP contribution in [0, 0.1) is 0 Å². The van der Waals surface area contributed by atoms with Crippen molar-refractivity contribution in [2.45, 2.75) is 32.8 Å². The Labute approximate surface area is 109 Å². The van der Waals surface area contributed by atoms with Gasteiger partial charge in [0.1, 0.15) is 5.60 Å². The maximum Gasteiger partial charge on any atom is 0.338 e. The van der Waals surface area contributed by atoms with Crippen LogP contribution in [0.4, 0.5) is 0 Å². The molecule has 0 aromatic heterocycles. The van der Waals surface area contributed by atoms with Crippen LogP contribution in [0.5, 0.6) is 0 Å². The Morgan fingerprint density at radius 2 is 1.76 bits per heavy atom. The van der Waals surface area contributed by atoms with Crippen molar-refractivity contribution in [3.63, 3.8) is 0 Å². The Morgan fingerprint density at radius 3 is 2.18 bits per heavy atom. The summed E-state index contributed by atoms with van der Waals surface area (Å²) in [7, 11) is 0. The number of halogens is 1. The smallest absolute Gasteiger partial charge is 0.338 e. The van der Waals surface area contributed by atoms with Crippen LogP contribution in [0.15, 0.2) is 24.3 Å². The highest BCUT2D eigenvalue weighted by Gasteiger charge is 2.17. The lowest BCUT2D eigenvalue weighted by atomic mass is 10.1. The minimum Gasteiger partial charge on any atom is -0.456 e. The molecular formula is C13H20ClNO2. The second kappa shape index (κ2) is 6.62. The molecule has 17 heavy (non-hydrogen) atoms. The van der Waals surface area contributed by atoms with E-state index in [0.29, 0.717) is 12.1 Å². The van der Waals surface area contributed by atoms with E-state index in [1.165, 1.54) is 0 Å². The Hall–Kier alpha value is -1.06. The first-order valence-corrected chi connectivity index (χ1v) is 5.45. The second-order valence-electron chi connectivity index (χ2n) is 4.74. The number of ether oxygens (including phenoxy) is 1. The lowest BCUT2D eigenvalue weighted by Crippen LogP contribution is -2.23. The molecule has 0 bridgehead atoms. The van der Waals surface area contributed by atoms with E-state index in [4.69, 9.17) is 10.5 Å². The first-order valence-electron chi connectivity index (χ1n) is 5.45. The van der Waals surface area contributed by atoms with Gasteiger partial charge in [-0.05, 0) is 51.4 Å². The van der Waals surface area contributed by atoms with Gasteiger partial charge in [-0.1, -0.05) is 12.1 Å². The van der Waals surface area contributed by atoms with Crippen LogP contribution in [0.25, 0.3) is 0 Å². The molecule has 0 saturated heterocycles. The number of carbonyl (C=O) groups excluding carboxylic acids is 1. The highest BCUT2D eigenvalue weighted by molar-refractivity contribution is 5.89. The van der Waals surface area contributed by atoms with Crippen LogP contribution >= 0.6 is 12.4 Å². The van der Waals surface area contributed by atoms with Crippen LogP contribution in [0.2, 0.25) is 0 Å². The van der Waals surface area contributed by atoms with Gasteiger partial charge in [-0.25, -0.2) is 4.79 Å². The van der Waals surface area contributed by atoms with Crippen LogP contribution in [-0.2, 0) is 11.2 Å².